The fraction of sp³-hybridized carbons (Fsp3) is 0.118. The molecule has 0 aliphatic carbocycles. The Morgan fingerprint density at radius 2 is 1.96 bits per heavy atom. The number of phenols is 1. The molecule has 24 heavy (non-hydrogen) atoms. The SMILES string of the molecule is O=C(NCCc1nnc(-c2ccccc2)o1)c1ccc(O)cc1F. The van der Waals surface area contributed by atoms with E-state index in [9.17, 15) is 9.18 Å². The lowest BCUT2D eigenvalue weighted by Crippen LogP contribution is -2.26. The van der Waals surface area contributed by atoms with Crippen LogP contribution >= 0.6 is 0 Å². The van der Waals surface area contributed by atoms with Gasteiger partial charge in [-0.1, -0.05) is 18.2 Å². The number of amides is 1. The number of carbonyl (C=O) groups excluding carboxylic acids is 1. The first-order valence-electron chi connectivity index (χ1n) is 7.28. The molecule has 0 spiro atoms. The first-order chi connectivity index (χ1) is 11.6. The number of rotatable bonds is 5. The van der Waals surface area contributed by atoms with Gasteiger partial charge in [-0.25, -0.2) is 4.39 Å². The average Bonchev–Trinajstić information content (AvgIpc) is 3.04. The minimum Gasteiger partial charge on any atom is -0.508 e. The van der Waals surface area contributed by atoms with Crippen molar-refractivity contribution in [3.8, 4) is 17.2 Å². The van der Waals surface area contributed by atoms with Gasteiger partial charge in [0.15, 0.2) is 0 Å². The number of nitrogens with zero attached hydrogens (tertiary/aromatic N) is 2. The van der Waals surface area contributed by atoms with Crippen molar-refractivity contribution >= 4 is 5.91 Å². The molecule has 1 amide bonds. The van der Waals surface area contributed by atoms with E-state index in [2.05, 4.69) is 15.5 Å². The largest absolute Gasteiger partial charge is 0.508 e. The Hall–Kier alpha value is -3.22. The Kier molecular flexibility index (Phi) is 4.51. The van der Waals surface area contributed by atoms with E-state index >= 15 is 0 Å². The van der Waals surface area contributed by atoms with E-state index in [-0.39, 0.29) is 17.9 Å². The van der Waals surface area contributed by atoms with Crippen LogP contribution in [0.4, 0.5) is 4.39 Å². The molecule has 0 aliphatic rings. The third-order valence-electron chi connectivity index (χ3n) is 3.31. The summed E-state index contributed by atoms with van der Waals surface area (Å²) in [5.41, 5.74) is 0.676. The minimum atomic E-state index is -0.781. The summed E-state index contributed by atoms with van der Waals surface area (Å²) in [6.45, 7) is 0.218. The predicted octanol–water partition coefficient (Wildman–Crippen LogP) is 2.55. The van der Waals surface area contributed by atoms with Crippen LogP contribution in [0.15, 0.2) is 52.9 Å². The molecular formula is C17H14FN3O3. The van der Waals surface area contributed by atoms with E-state index in [4.69, 9.17) is 9.52 Å². The molecule has 0 bridgehead atoms. The van der Waals surface area contributed by atoms with Crippen molar-refractivity contribution in [2.24, 2.45) is 0 Å². The van der Waals surface area contributed by atoms with Gasteiger partial charge in [0.25, 0.3) is 5.91 Å². The number of benzene rings is 2. The second-order valence-electron chi connectivity index (χ2n) is 5.04. The van der Waals surface area contributed by atoms with Crippen molar-refractivity contribution < 1.29 is 18.7 Å². The molecule has 3 rings (SSSR count). The van der Waals surface area contributed by atoms with E-state index in [1.165, 1.54) is 12.1 Å². The molecule has 0 saturated carbocycles. The molecule has 122 valence electrons. The number of hydrogen-bond donors (Lipinski definition) is 2. The van der Waals surface area contributed by atoms with E-state index in [1.807, 2.05) is 30.3 Å². The van der Waals surface area contributed by atoms with Gasteiger partial charge in [-0.05, 0) is 24.3 Å². The summed E-state index contributed by atoms with van der Waals surface area (Å²) in [7, 11) is 0. The highest BCUT2D eigenvalue weighted by Crippen LogP contribution is 2.17. The van der Waals surface area contributed by atoms with Crippen LogP contribution in [0.1, 0.15) is 16.2 Å². The van der Waals surface area contributed by atoms with Crippen LogP contribution in [-0.4, -0.2) is 27.8 Å². The van der Waals surface area contributed by atoms with E-state index in [0.29, 0.717) is 18.2 Å². The fourth-order valence-electron chi connectivity index (χ4n) is 2.12. The van der Waals surface area contributed by atoms with Crippen LogP contribution in [0.5, 0.6) is 5.75 Å². The van der Waals surface area contributed by atoms with Crippen molar-refractivity contribution in [2.75, 3.05) is 6.54 Å². The van der Waals surface area contributed by atoms with Crippen LogP contribution in [0, 0.1) is 5.82 Å². The van der Waals surface area contributed by atoms with Gasteiger partial charge < -0.3 is 14.8 Å². The number of halogens is 1. The van der Waals surface area contributed by atoms with Crippen molar-refractivity contribution in [3.63, 3.8) is 0 Å². The summed E-state index contributed by atoms with van der Waals surface area (Å²) in [5.74, 6) is -0.808. The maximum absolute atomic E-state index is 13.6. The molecule has 0 atom stereocenters. The lowest BCUT2D eigenvalue weighted by atomic mass is 10.2. The summed E-state index contributed by atoms with van der Waals surface area (Å²) in [5, 5.41) is 19.6. The molecule has 3 aromatic rings. The molecule has 2 aromatic carbocycles. The second kappa shape index (κ2) is 6.91. The van der Waals surface area contributed by atoms with Crippen LogP contribution in [-0.2, 0) is 6.42 Å². The van der Waals surface area contributed by atoms with Gasteiger partial charge in [-0.2, -0.15) is 0 Å². The maximum atomic E-state index is 13.6. The zero-order valence-corrected chi connectivity index (χ0v) is 12.6. The van der Waals surface area contributed by atoms with Gasteiger partial charge in [0.05, 0.1) is 5.56 Å². The van der Waals surface area contributed by atoms with Gasteiger partial charge in [-0.3, -0.25) is 4.79 Å². The molecule has 1 aromatic heterocycles. The van der Waals surface area contributed by atoms with Crippen molar-refractivity contribution in [3.05, 3.63) is 65.8 Å². The summed E-state index contributed by atoms with van der Waals surface area (Å²) >= 11 is 0. The third kappa shape index (κ3) is 3.57. The van der Waals surface area contributed by atoms with Gasteiger partial charge >= 0.3 is 0 Å². The number of nitrogens with one attached hydrogen (secondary N) is 1. The quantitative estimate of drug-likeness (QED) is 0.752. The van der Waals surface area contributed by atoms with Gasteiger partial charge in [0, 0.05) is 24.6 Å². The van der Waals surface area contributed by atoms with Crippen molar-refractivity contribution in [2.45, 2.75) is 6.42 Å². The first kappa shape index (κ1) is 15.7. The zero-order chi connectivity index (χ0) is 16.9. The summed E-state index contributed by atoms with van der Waals surface area (Å²) in [6.07, 6.45) is 0.325. The second-order valence-corrected chi connectivity index (χ2v) is 5.04. The van der Waals surface area contributed by atoms with Crippen molar-refractivity contribution in [1.29, 1.82) is 0 Å². The van der Waals surface area contributed by atoms with Crippen LogP contribution in [0.2, 0.25) is 0 Å². The van der Waals surface area contributed by atoms with Gasteiger partial charge in [-0.15, -0.1) is 10.2 Å². The smallest absolute Gasteiger partial charge is 0.254 e. The fourth-order valence-corrected chi connectivity index (χ4v) is 2.12. The molecule has 0 aliphatic heterocycles. The molecule has 1 heterocycles. The van der Waals surface area contributed by atoms with Gasteiger partial charge in [0.1, 0.15) is 11.6 Å². The normalized spacial score (nSPS) is 10.5. The molecule has 6 nitrogen and oxygen atoms in total. The Bertz CT molecular complexity index is 849. The topological polar surface area (TPSA) is 88.3 Å². The summed E-state index contributed by atoms with van der Waals surface area (Å²) in [6, 6.07) is 12.7. The van der Waals surface area contributed by atoms with Crippen LogP contribution in [0.3, 0.4) is 0 Å². The highest BCUT2D eigenvalue weighted by molar-refractivity contribution is 5.94. The molecule has 2 N–H and O–H groups in total. The van der Waals surface area contributed by atoms with Gasteiger partial charge in [0.2, 0.25) is 11.8 Å². The number of aromatic hydroxyl groups is 1. The predicted molar refractivity (Wildman–Crippen MR) is 83.8 cm³/mol. The van der Waals surface area contributed by atoms with Crippen LogP contribution in [0.25, 0.3) is 11.5 Å². The Labute approximate surface area is 137 Å². The monoisotopic (exact) mass is 327 g/mol. The average molecular weight is 327 g/mol. The van der Waals surface area contributed by atoms with E-state index in [0.717, 1.165) is 11.6 Å². The first-order valence-corrected chi connectivity index (χ1v) is 7.28. The number of aromatic nitrogens is 2. The van der Waals surface area contributed by atoms with E-state index in [1.54, 1.807) is 0 Å². The van der Waals surface area contributed by atoms with Crippen LogP contribution < -0.4 is 5.32 Å². The van der Waals surface area contributed by atoms with Crippen molar-refractivity contribution in [1.82, 2.24) is 15.5 Å². The minimum absolute atomic E-state index is 0.136. The Morgan fingerprint density at radius 1 is 1.17 bits per heavy atom. The highest BCUT2D eigenvalue weighted by Gasteiger charge is 2.13. The molecule has 0 radical (unpaired) electrons. The maximum Gasteiger partial charge on any atom is 0.254 e. The third-order valence-corrected chi connectivity index (χ3v) is 3.31. The molecule has 7 heteroatoms. The lowest BCUT2D eigenvalue weighted by Gasteiger charge is -2.05. The zero-order valence-electron chi connectivity index (χ0n) is 12.6. The van der Waals surface area contributed by atoms with E-state index < -0.39 is 11.7 Å². The number of hydrogen-bond acceptors (Lipinski definition) is 5. The lowest BCUT2D eigenvalue weighted by molar-refractivity contribution is 0.0949. The summed E-state index contributed by atoms with van der Waals surface area (Å²) < 4.78 is 19.1. The standard InChI is InChI=1S/C17H14FN3O3/c18-14-10-12(22)6-7-13(14)16(23)19-9-8-15-20-21-17(24-15)11-4-2-1-3-5-11/h1-7,10,22H,8-9H2,(H,19,23). The molecular weight excluding hydrogens is 313 g/mol. The number of phenolic OH excluding ortho intramolecular Hbond substituents is 1. The molecule has 0 saturated heterocycles. The Morgan fingerprint density at radius 3 is 2.71 bits per heavy atom. The number of carbonyl (C=O) groups is 1. The molecule has 0 fully saturated rings. The summed E-state index contributed by atoms with van der Waals surface area (Å²) in [4.78, 5) is 11.9. The highest BCUT2D eigenvalue weighted by atomic mass is 19.1. The molecule has 0 unspecified atom stereocenters. The Balaban J connectivity index is 1.57.